The van der Waals surface area contributed by atoms with Gasteiger partial charge in [0.1, 0.15) is 10.5 Å². The average molecular weight is 268 g/mol. The molecule has 1 aliphatic rings. The van der Waals surface area contributed by atoms with Gasteiger partial charge in [0, 0.05) is 0 Å². The van der Waals surface area contributed by atoms with E-state index in [0.717, 1.165) is 19.3 Å². The minimum atomic E-state index is -0.747. The number of pyridine rings is 1. The molecule has 0 saturated heterocycles. The summed E-state index contributed by atoms with van der Waals surface area (Å²) in [4.78, 5) is 13.8. The Hall–Kier alpha value is -1.56. The molecule has 1 aliphatic carbocycles. The number of nitrogens with two attached hydrogens (primary N) is 1. The molecule has 1 saturated carbocycles. The van der Waals surface area contributed by atoms with Crippen molar-refractivity contribution in [1.82, 2.24) is 4.98 Å². The second kappa shape index (κ2) is 5.39. The van der Waals surface area contributed by atoms with Gasteiger partial charge in [0.2, 0.25) is 0 Å². The van der Waals surface area contributed by atoms with Crippen molar-refractivity contribution >= 4 is 24.0 Å². The summed E-state index contributed by atoms with van der Waals surface area (Å²) in [6.07, 6.45) is 2.89. The fraction of sp³-hybridized carbons (Fsp3) is 0.500. The standard InChI is InChI=1S/C12H16N2O3S/c13-11-9(4-5-10(18)14-11)17-8-3-1-2-7(6-8)12(15)16/h4-5,7-8H,1-3,6H2,(H,15,16)(H3,13,14,18)/t7-,8-/m0/s1. The molecule has 0 amide bonds. The number of carboxylic acids is 1. The van der Waals surface area contributed by atoms with Crippen molar-refractivity contribution in [2.45, 2.75) is 31.8 Å². The first-order valence-electron chi connectivity index (χ1n) is 5.94. The van der Waals surface area contributed by atoms with Crippen LogP contribution in [0.2, 0.25) is 0 Å². The van der Waals surface area contributed by atoms with Gasteiger partial charge in [-0.2, -0.15) is 0 Å². The molecule has 0 radical (unpaired) electrons. The van der Waals surface area contributed by atoms with E-state index in [4.69, 9.17) is 27.8 Å². The molecule has 0 spiro atoms. The number of carbonyl (C=O) groups is 1. The van der Waals surface area contributed by atoms with Gasteiger partial charge in [-0.25, -0.2) is 0 Å². The van der Waals surface area contributed by atoms with Crippen LogP contribution in [-0.4, -0.2) is 22.2 Å². The van der Waals surface area contributed by atoms with Crippen molar-refractivity contribution in [2.24, 2.45) is 5.92 Å². The van der Waals surface area contributed by atoms with Crippen molar-refractivity contribution < 1.29 is 14.6 Å². The number of hydrogen-bond donors (Lipinski definition) is 3. The molecule has 5 nitrogen and oxygen atoms in total. The maximum atomic E-state index is 11.0. The summed E-state index contributed by atoms with van der Waals surface area (Å²) in [6.45, 7) is 0. The lowest BCUT2D eigenvalue weighted by molar-refractivity contribution is -0.143. The SMILES string of the molecule is Nc1[nH]c(=S)ccc1O[C@H]1CCC[C@H](C(=O)O)C1. The third-order valence-corrected chi connectivity index (χ3v) is 3.42. The number of aromatic amines is 1. The van der Waals surface area contributed by atoms with E-state index in [1.807, 2.05) is 0 Å². The highest BCUT2D eigenvalue weighted by molar-refractivity contribution is 7.71. The fourth-order valence-electron chi connectivity index (χ4n) is 2.24. The van der Waals surface area contributed by atoms with Gasteiger partial charge in [0.15, 0.2) is 5.75 Å². The van der Waals surface area contributed by atoms with Gasteiger partial charge in [-0.15, -0.1) is 0 Å². The minimum Gasteiger partial charge on any atom is -0.487 e. The highest BCUT2D eigenvalue weighted by Gasteiger charge is 2.28. The Morgan fingerprint density at radius 2 is 2.28 bits per heavy atom. The van der Waals surface area contributed by atoms with Crippen molar-refractivity contribution in [3.8, 4) is 5.75 Å². The summed E-state index contributed by atoms with van der Waals surface area (Å²) in [5, 5.41) is 9.01. The van der Waals surface area contributed by atoms with Crippen molar-refractivity contribution in [1.29, 1.82) is 0 Å². The Balaban J connectivity index is 2.04. The lowest BCUT2D eigenvalue weighted by Gasteiger charge is -2.27. The molecule has 0 unspecified atom stereocenters. The van der Waals surface area contributed by atoms with E-state index in [1.165, 1.54) is 0 Å². The van der Waals surface area contributed by atoms with Crippen LogP contribution in [0.25, 0.3) is 0 Å². The normalized spacial score (nSPS) is 23.6. The molecule has 6 heteroatoms. The number of H-pyrrole nitrogens is 1. The summed E-state index contributed by atoms with van der Waals surface area (Å²) in [5.41, 5.74) is 5.77. The first kappa shape index (κ1) is 12.9. The van der Waals surface area contributed by atoms with Gasteiger partial charge < -0.3 is 20.6 Å². The van der Waals surface area contributed by atoms with E-state index < -0.39 is 5.97 Å². The number of nitrogen functional groups attached to an aromatic ring is 1. The Morgan fingerprint density at radius 3 is 2.94 bits per heavy atom. The number of hydrogen-bond acceptors (Lipinski definition) is 4. The Kier molecular flexibility index (Phi) is 3.86. The smallest absolute Gasteiger partial charge is 0.306 e. The largest absolute Gasteiger partial charge is 0.487 e. The third kappa shape index (κ3) is 3.01. The summed E-state index contributed by atoms with van der Waals surface area (Å²) in [6, 6.07) is 3.43. The summed E-state index contributed by atoms with van der Waals surface area (Å²) < 4.78 is 6.30. The molecule has 0 bridgehead atoms. The summed E-state index contributed by atoms with van der Waals surface area (Å²) in [5.74, 6) is -0.129. The summed E-state index contributed by atoms with van der Waals surface area (Å²) >= 11 is 4.95. The molecule has 1 aromatic rings. The van der Waals surface area contributed by atoms with E-state index in [-0.39, 0.29) is 12.0 Å². The van der Waals surface area contributed by atoms with Gasteiger partial charge in [-0.1, -0.05) is 12.2 Å². The van der Waals surface area contributed by atoms with Crippen molar-refractivity contribution in [2.75, 3.05) is 5.73 Å². The zero-order chi connectivity index (χ0) is 13.1. The lowest BCUT2D eigenvalue weighted by Crippen LogP contribution is -2.29. The van der Waals surface area contributed by atoms with Crippen LogP contribution in [0.1, 0.15) is 25.7 Å². The van der Waals surface area contributed by atoms with Gasteiger partial charge >= 0.3 is 5.97 Å². The molecule has 18 heavy (non-hydrogen) atoms. The molecule has 1 heterocycles. The highest BCUT2D eigenvalue weighted by Crippen LogP contribution is 2.29. The highest BCUT2D eigenvalue weighted by atomic mass is 32.1. The Bertz CT molecular complexity index is 500. The van der Waals surface area contributed by atoms with E-state index in [0.29, 0.717) is 22.6 Å². The number of nitrogens with one attached hydrogen (secondary N) is 1. The van der Waals surface area contributed by atoms with Crippen LogP contribution in [0, 0.1) is 10.6 Å². The Labute approximate surface area is 110 Å². The van der Waals surface area contributed by atoms with E-state index in [1.54, 1.807) is 12.1 Å². The molecule has 2 atom stereocenters. The first-order chi connectivity index (χ1) is 8.56. The predicted octanol–water partition coefficient (Wildman–Crippen LogP) is 2.35. The van der Waals surface area contributed by atoms with Crippen LogP contribution in [0.4, 0.5) is 5.82 Å². The number of ether oxygens (including phenoxy) is 1. The lowest BCUT2D eigenvalue weighted by atomic mass is 9.87. The van der Waals surface area contributed by atoms with Crippen LogP contribution < -0.4 is 10.5 Å². The van der Waals surface area contributed by atoms with E-state index >= 15 is 0 Å². The number of carboxylic acid groups (broad SMARTS) is 1. The molecular formula is C12H16N2O3S. The van der Waals surface area contributed by atoms with Crippen LogP contribution in [-0.2, 0) is 4.79 Å². The number of aromatic nitrogens is 1. The van der Waals surface area contributed by atoms with E-state index in [2.05, 4.69) is 4.98 Å². The maximum absolute atomic E-state index is 11.0. The average Bonchev–Trinajstić information content (AvgIpc) is 2.33. The minimum absolute atomic E-state index is 0.0912. The molecule has 0 aliphatic heterocycles. The topological polar surface area (TPSA) is 88.3 Å². The number of aliphatic carboxylic acids is 1. The summed E-state index contributed by atoms with van der Waals surface area (Å²) in [7, 11) is 0. The molecule has 2 rings (SSSR count). The fourth-order valence-corrected chi connectivity index (χ4v) is 2.41. The zero-order valence-corrected chi connectivity index (χ0v) is 10.7. The Morgan fingerprint density at radius 1 is 1.50 bits per heavy atom. The van der Waals surface area contributed by atoms with Crippen LogP contribution in [0.15, 0.2) is 12.1 Å². The second-order valence-electron chi connectivity index (χ2n) is 4.54. The van der Waals surface area contributed by atoms with Crippen LogP contribution >= 0.6 is 12.2 Å². The third-order valence-electron chi connectivity index (χ3n) is 3.18. The molecular weight excluding hydrogens is 252 g/mol. The molecule has 1 aromatic heterocycles. The van der Waals surface area contributed by atoms with Crippen LogP contribution in [0.5, 0.6) is 5.75 Å². The molecule has 1 fully saturated rings. The van der Waals surface area contributed by atoms with E-state index in [9.17, 15) is 4.79 Å². The number of rotatable bonds is 3. The first-order valence-corrected chi connectivity index (χ1v) is 6.35. The molecule has 0 aromatic carbocycles. The molecule has 4 N–H and O–H groups in total. The van der Waals surface area contributed by atoms with Crippen molar-refractivity contribution in [3.05, 3.63) is 16.8 Å². The monoisotopic (exact) mass is 268 g/mol. The van der Waals surface area contributed by atoms with Crippen LogP contribution in [0.3, 0.4) is 0 Å². The number of anilines is 1. The quantitative estimate of drug-likeness (QED) is 0.732. The van der Waals surface area contributed by atoms with Gasteiger partial charge in [-0.05, 0) is 37.8 Å². The second-order valence-corrected chi connectivity index (χ2v) is 4.98. The van der Waals surface area contributed by atoms with Crippen molar-refractivity contribution in [3.63, 3.8) is 0 Å². The zero-order valence-electron chi connectivity index (χ0n) is 9.89. The van der Waals surface area contributed by atoms with Gasteiger partial charge in [0.25, 0.3) is 0 Å². The maximum Gasteiger partial charge on any atom is 0.306 e. The molecule has 98 valence electrons. The predicted molar refractivity (Wildman–Crippen MR) is 70.0 cm³/mol. The van der Waals surface area contributed by atoms with Gasteiger partial charge in [0.05, 0.1) is 12.0 Å². The van der Waals surface area contributed by atoms with Gasteiger partial charge in [-0.3, -0.25) is 4.79 Å².